The summed E-state index contributed by atoms with van der Waals surface area (Å²) in [5, 5.41) is 0. The minimum atomic E-state index is 0. The summed E-state index contributed by atoms with van der Waals surface area (Å²) in [5.74, 6) is 0. The van der Waals surface area contributed by atoms with E-state index in [0.717, 1.165) is 0 Å². The molecule has 0 saturated carbocycles. The number of hydrogen-bond donors (Lipinski definition) is 0. The molecule has 0 aliphatic rings. The minimum absolute atomic E-state index is 0. The molecule has 1 radical (unpaired) electrons. The number of rotatable bonds is 0. The van der Waals surface area contributed by atoms with Gasteiger partial charge in [-0.3, -0.25) is 0 Å². The molecule has 0 rings (SSSR count). The van der Waals surface area contributed by atoms with Crippen molar-refractivity contribution < 1.29 is 66.1 Å². The molecule has 0 aliphatic heterocycles. The minimum Gasteiger partial charge on any atom is -0.870 e. The first kappa shape index (κ1) is 410. The first-order valence-electron chi connectivity index (χ1n) is 0. The van der Waals surface area contributed by atoms with Crippen molar-refractivity contribution in [1.82, 2.24) is 0 Å². The molecular formula is H6CoMgNiO6. The zero-order valence-corrected chi connectivity index (χ0v) is 7.48. The van der Waals surface area contributed by atoms with Crippen LogP contribution in [0.2, 0.25) is 0 Å². The SMILES string of the molecule is [Co+2].[Mg+2].[Ni+2].[OH-].[OH-].[OH-].[OH-].[OH-].[OH-]. The maximum absolute atomic E-state index is 0. The third-order valence-corrected chi connectivity index (χ3v) is 0. The predicted molar refractivity (Wildman–Crippen MR) is 17.4 cm³/mol. The van der Waals surface area contributed by atoms with E-state index < -0.39 is 0 Å². The molecule has 63 valence electrons. The van der Waals surface area contributed by atoms with E-state index in [4.69, 9.17) is 0 Å². The Bertz CT molecular complexity index is 13.0. The molecule has 0 fully saturated rings. The van der Waals surface area contributed by atoms with E-state index in [2.05, 4.69) is 0 Å². The zero-order valence-electron chi connectivity index (χ0n) is 4.04. The Labute approximate surface area is 88.9 Å². The van der Waals surface area contributed by atoms with Crippen LogP contribution in [0.4, 0.5) is 0 Å². The standard InChI is InChI=1S/Co.Mg.Ni.6H2O/h;;;6*1H2/q3*+2;;;;;;/p-6. The average molecular weight is 244 g/mol. The Hall–Kier alpha value is 1.53. The van der Waals surface area contributed by atoms with Crippen LogP contribution in [-0.2, 0) is 33.3 Å². The molecule has 0 saturated heterocycles. The summed E-state index contributed by atoms with van der Waals surface area (Å²) in [4.78, 5) is 0. The molecule has 6 N–H and O–H groups in total. The molecule has 0 amide bonds. The molecule has 0 aromatic carbocycles. The van der Waals surface area contributed by atoms with Crippen LogP contribution in [0.3, 0.4) is 0 Å². The monoisotopic (exact) mass is 243 g/mol. The molecule has 6 nitrogen and oxygen atoms in total. The Morgan fingerprint density at radius 3 is 0.444 bits per heavy atom. The van der Waals surface area contributed by atoms with Crippen LogP contribution in [0, 0.1) is 0 Å². The molecule has 9 heavy (non-hydrogen) atoms. The van der Waals surface area contributed by atoms with Gasteiger partial charge in [-0.2, -0.15) is 0 Å². The third-order valence-electron chi connectivity index (χ3n) is 0. The van der Waals surface area contributed by atoms with Crippen LogP contribution in [0.1, 0.15) is 0 Å². The summed E-state index contributed by atoms with van der Waals surface area (Å²) >= 11 is 0. The van der Waals surface area contributed by atoms with E-state index in [0.29, 0.717) is 0 Å². The second kappa shape index (κ2) is 297. The second-order valence-corrected chi connectivity index (χ2v) is 0. The van der Waals surface area contributed by atoms with E-state index in [1.807, 2.05) is 0 Å². The molecule has 0 aromatic rings. The van der Waals surface area contributed by atoms with Gasteiger partial charge >= 0.3 is 56.3 Å². The fourth-order valence-electron chi connectivity index (χ4n) is 0. The topological polar surface area (TPSA) is 180 Å². The van der Waals surface area contributed by atoms with E-state index in [-0.39, 0.29) is 89.2 Å². The average Bonchev–Trinajstić information content (AvgIpc) is 0. The first-order valence-corrected chi connectivity index (χ1v) is 0. The van der Waals surface area contributed by atoms with Gasteiger partial charge in [0.15, 0.2) is 0 Å². The third kappa shape index (κ3) is 232. The molecule has 0 bridgehead atoms. The van der Waals surface area contributed by atoms with Crippen LogP contribution in [0.15, 0.2) is 0 Å². The largest absolute Gasteiger partial charge is 2.00 e. The Balaban J connectivity index is 0. The maximum Gasteiger partial charge on any atom is 2.00 e. The van der Waals surface area contributed by atoms with E-state index >= 15 is 0 Å². The van der Waals surface area contributed by atoms with Crippen molar-refractivity contribution in [3.05, 3.63) is 0 Å². The van der Waals surface area contributed by atoms with Crippen LogP contribution in [0.25, 0.3) is 0 Å². The van der Waals surface area contributed by atoms with E-state index in [1.54, 1.807) is 0 Å². The maximum atomic E-state index is 0. The van der Waals surface area contributed by atoms with Crippen molar-refractivity contribution in [2.75, 3.05) is 0 Å². The van der Waals surface area contributed by atoms with E-state index in [9.17, 15) is 0 Å². The quantitative estimate of drug-likeness (QED) is 0.469. The van der Waals surface area contributed by atoms with Gasteiger partial charge in [0.25, 0.3) is 0 Å². The van der Waals surface area contributed by atoms with Gasteiger partial charge in [-0.25, -0.2) is 0 Å². The van der Waals surface area contributed by atoms with Crippen molar-refractivity contribution in [1.29, 1.82) is 0 Å². The van der Waals surface area contributed by atoms with Gasteiger partial charge < -0.3 is 32.9 Å². The van der Waals surface area contributed by atoms with Crippen LogP contribution < -0.4 is 0 Å². The van der Waals surface area contributed by atoms with Gasteiger partial charge in [0.2, 0.25) is 0 Å². The smallest absolute Gasteiger partial charge is 0.870 e. The Kier molecular flexibility index (Phi) is 13500. The van der Waals surface area contributed by atoms with Gasteiger partial charge in [0.1, 0.15) is 0 Å². The predicted octanol–water partition coefficient (Wildman–Crippen LogP) is -1.45. The summed E-state index contributed by atoms with van der Waals surface area (Å²) in [6.45, 7) is 0. The fraction of sp³-hybridized carbons (Fsp3) is 0. The molecule has 0 heterocycles. The van der Waals surface area contributed by atoms with Crippen molar-refractivity contribution in [3.63, 3.8) is 0 Å². The number of hydrogen-bond acceptors (Lipinski definition) is 6. The van der Waals surface area contributed by atoms with Crippen molar-refractivity contribution in [2.24, 2.45) is 0 Å². The molecule has 0 unspecified atom stereocenters. The Morgan fingerprint density at radius 2 is 0.444 bits per heavy atom. The van der Waals surface area contributed by atoms with E-state index in [1.165, 1.54) is 0 Å². The summed E-state index contributed by atoms with van der Waals surface area (Å²) in [6, 6.07) is 0. The molecule has 9 heteroatoms. The Morgan fingerprint density at radius 1 is 0.444 bits per heavy atom. The zero-order chi connectivity index (χ0) is 0. The first-order chi connectivity index (χ1) is 0. The van der Waals surface area contributed by atoms with Crippen molar-refractivity contribution >= 4 is 23.1 Å². The summed E-state index contributed by atoms with van der Waals surface area (Å²) in [6.07, 6.45) is 0. The fourth-order valence-corrected chi connectivity index (χ4v) is 0. The molecule has 0 spiro atoms. The molecule has 0 aliphatic carbocycles. The van der Waals surface area contributed by atoms with Gasteiger partial charge in [-0.15, -0.1) is 0 Å². The molecule has 0 aromatic heterocycles. The molecular weight excluding hydrogens is 238 g/mol. The van der Waals surface area contributed by atoms with Crippen molar-refractivity contribution in [2.45, 2.75) is 0 Å². The molecule has 0 atom stereocenters. The second-order valence-electron chi connectivity index (χ2n) is 0. The van der Waals surface area contributed by atoms with Crippen LogP contribution >= 0.6 is 0 Å². The van der Waals surface area contributed by atoms with Gasteiger partial charge in [0, 0.05) is 0 Å². The van der Waals surface area contributed by atoms with Gasteiger partial charge in [0.05, 0.1) is 0 Å². The van der Waals surface area contributed by atoms with Gasteiger partial charge in [-0.1, -0.05) is 0 Å². The van der Waals surface area contributed by atoms with Crippen LogP contribution in [0.5, 0.6) is 0 Å². The summed E-state index contributed by atoms with van der Waals surface area (Å²) < 4.78 is 0. The summed E-state index contributed by atoms with van der Waals surface area (Å²) in [5.41, 5.74) is 0. The summed E-state index contributed by atoms with van der Waals surface area (Å²) in [7, 11) is 0. The van der Waals surface area contributed by atoms with Gasteiger partial charge in [-0.05, 0) is 0 Å². The van der Waals surface area contributed by atoms with Crippen molar-refractivity contribution in [3.8, 4) is 0 Å². The normalized spacial score (nSPS) is 0. The van der Waals surface area contributed by atoms with Crippen LogP contribution in [-0.4, -0.2) is 55.9 Å².